The van der Waals surface area contributed by atoms with Crippen molar-refractivity contribution in [2.24, 2.45) is 0 Å². The van der Waals surface area contributed by atoms with Crippen LogP contribution in [-0.4, -0.2) is 72.6 Å². The van der Waals surface area contributed by atoms with Gasteiger partial charge in [0.2, 0.25) is 5.95 Å². The molecule has 1 fully saturated rings. The van der Waals surface area contributed by atoms with Gasteiger partial charge in [0, 0.05) is 39.3 Å². The minimum Gasteiger partial charge on any atom is -0.379 e. The molecule has 22 heavy (non-hydrogen) atoms. The summed E-state index contributed by atoms with van der Waals surface area (Å²) < 4.78 is 5.35. The summed E-state index contributed by atoms with van der Waals surface area (Å²) >= 11 is 0. The van der Waals surface area contributed by atoms with Gasteiger partial charge in [-0.1, -0.05) is 13.8 Å². The molecule has 1 aliphatic heterocycles. The summed E-state index contributed by atoms with van der Waals surface area (Å²) in [5.74, 6) is 1.52. The molecule has 1 aromatic rings. The van der Waals surface area contributed by atoms with E-state index >= 15 is 0 Å². The van der Waals surface area contributed by atoms with E-state index in [4.69, 9.17) is 4.74 Å². The zero-order chi connectivity index (χ0) is 15.6. The second-order valence-corrected chi connectivity index (χ2v) is 5.51. The fraction of sp³-hybridized carbons (Fsp3) is 0.800. The lowest BCUT2D eigenvalue weighted by molar-refractivity contribution is 0.0398. The van der Waals surface area contributed by atoms with Crippen molar-refractivity contribution < 1.29 is 4.74 Å². The van der Waals surface area contributed by atoms with Crippen molar-refractivity contribution >= 4 is 11.8 Å². The van der Waals surface area contributed by atoms with E-state index in [9.17, 15) is 0 Å². The summed E-state index contributed by atoms with van der Waals surface area (Å²) in [5.41, 5.74) is 0. The van der Waals surface area contributed by atoms with Gasteiger partial charge >= 0.3 is 0 Å². The Morgan fingerprint density at radius 2 is 1.95 bits per heavy atom. The van der Waals surface area contributed by atoms with Crippen molar-refractivity contribution in [2.75, 3.05) is 62.7 Å². The van der Waals surface area contributed by atoms with Gasteiger partial charge in [0.1, 0.15) is 0 Å². The highest BCUT2D eigenvalue weighted by atomic mass is 16.5. The molecule has 0 bridgehead atoms. The van der Waals surface area contributed by atoms with Crippen LogP contribution < -0.4 is 10.2 Å². The number of morpholine rings is 1. The number of anilines is 2. The lowest BCUT2D eigenvalue weighted by Gasteiger charge is -2.26. The van der Waals surface area contributed by atoms with Crippen LogP contribution in [0.25, 0.3) is 0 Å². The molecule has 0 atom stereocenters. The molecule has 0 saturated carbocycles. The van der Waals surface area contributed by atoms with Gasteiger partial charge in [-0.15, -0.1) is 5.10 Å². The molecule has 1 N–H and O–H groups in total. The van der Waals surface area contributed by atoms with Crippen molar-refractivity contribution in [3.8, 4) is 0 Å². The van der Waals surface area contributed by atoms with Crippen molar-refractivity contribution in [2.45, 2.75) is 26.7 Å². The molecule has 1 aliphatic rings. The number of hydrogen-bond acceptors (Lipinski definition) is 7. The maximum Gasteiger partial charge on any atom is 0.244 e. The number of aromatic nitrogens is 3. The molecule has 0 unspecified atom stereocenters. The number of nitrogens with zero attached hydrogens (tertiary/aromatic N) is 5. The quantitative estimate of drug-likeness (QED) is 0.736. The van der Waals surface area contributed by atoms with E-state index in [1.165, 1.54) is 0 Å². The van der Waals surface area contributed by atoms with Crippen molar-refractivity contribution in [1.29, 1.82) is 0 Å². The average Bonchev–Trinajstić information content (AvgIpc) is 2.56. The molecule has 2 rings (SSSR count). The van der Waals surface area contributed by atoms with Crippen LogP contribution in [0.15, 0.2) is 6.20 Å². The Hall–Kier alpha value is -1.47. The second-order valence-electron chi connectivity index (χ2n) is 5.51. The van der Waals surface area contributed by atoms with Gasteiger partial charge in [0.25, 0.3) is 0 Å². The van der Waals surface area contributed by atoms with Crippen molar-refractivity contribution in [3.05, 3.63) is 6.20 Å². The summed E-state index contributed by atoms with van der Waals surface area (Å²) in [7, 11) is 0. The summed E-state index contributed by atoms with van der Waals surface area (Å²) in [6.07, 6.45) is 3.95. The number of hydrogen-bond donors (Lipinski definition) is 1. The number of nitrogens with one attached hydrogen (secondary N) is 1. The predicted molar refractivity (Wildman–Crippen MR) is 88.4 cm³/mol. The maximum absolute atomic E-state index is 5.35. The molecular formula is C15H28N6O. The highest BCUT2D eigenvalue weighted by molar-refractivity contribution is 5.40. The lowest BCUT2D eigenvalue weighted by atomic mass is 10.3. The van der Waals surface area contributed by atoms with Crippen LogP contribution in [0.4, 0.5) is 11.8 Å². The van der Waals surface area contributed by atoms with Gasteiger partial charge in [-0.3, -0.25) is 4.90 Å². The second kappa shape index (κ2) is 9.53. The van der Waals surface area contributed by atoms with Crippen LogP contribution in [0.1, 0.15) is 26.7 Å². The molecule has 1 aromatic heterocycles. The zero-order valence-corrected chi connectivity index (χ0v) is 13.8. The molecule has 0 amide bonds. The zero-order valence-electron chi connectivity index (χ0n) is 13.8. The third-order valence-corrected chi connectivity index (χ3v) is 3.67. The molecular weight excluding hydrogens is 280 g/mol. The molecule has 1 saturated heterocycles. The van der Waals surface area contributed by atoms with Gasteiger partial charge in [-0.25, -0.2) is 0 Å². The van der Waals surface area contributed by atoms with Crippen LogP contribution in [0.2, 0.25) is 0 Å². The van der Waals surface area contributed by atoms with Gasteiger partial charge < -0.3 is 15.0 Å². The van der Waals surface area contributed by atoms with E-state index < -0.39 is 0 Å². The molecule has 7 nitrogen and oxygen atoms in total. The summed E-state index contributed by atoms with van der Waals surface area (Å²) in [6.45, 7) is 11.8. The average molecular weight is 308 g/mol. The Kier molecular flexibility index (Phi) is 7.32. The first kappa shape index (κ1) is 16.9. The van der Waals surface area contributed by atoms with E-state index in [0.29, 0.717) is 5.95 Å². The maximum atomic E-state index is 5.35. The third kappa shape index (κ3) is 5.38. The Bertz CT molecular complexity index is 418. The Balaban J connectivity index is 1.84. The molecule has 124 valence electrons. The summed E-state index contributed by atoms with van der Waals surface area (Å²) in [4.78, 5) is 9.24. The van der Waals surface area contributed by atoms with Gasteiger partial charge in [-0.2, -0.15) is 10.1 Å². The van der Waals surface area contributed by atoms with E-state index in [0.717, 1.165) is 71.1 Å². The third-order valence-electron chi connectivity index (χ3n) is 3.67. The minimum atomic E-state index is 0.614. The molecule has 2 heterocycles. The van der Waals surface area contributed by atoms with E-state index in [-0.39, 0.29) is 0 Å². The largest absolute Gasteiger partial charge is 0.379 e. The monoisotopic (exact) mass is 308 g/mol. The normalized spacial score (nSPS) is 15.7. The number of ether oxygens (including phenoxy) is 1. The SMILES string of the molecule is CCCN(CCC)c1cnnc(NCCN2CCOCC2)n1. The van der Waals surface area contributed by atoms with Crippen LogP contribution in [0.5, 0.6) is 0 Å². The Morgan fingerprint density at radius 3 is 2.64 bits per heavy atom. The van der Waals surface area contributed by atoms with Gasteiger partial charge in [-0.05, 0) is 12.8 Å². The highest BCUT2D eigenvalue weighted by Crippen LogP contribution is 2.11. The topological polar surface area (TPSA) is 66.4 Å². The Morgan fingerprint density at radius 1 is 1.23 bits per heavy atom. The smallest absolute Gasteiger partial charge is 0.244 e. The van der Waals surface area contributed by atoms with E-state index in [1.807, 2.05) is 0 Å². The van der Waals surface area contributed by atoms with E-state index in [2.05, 4.69) is 44.1 Å². The van der Waals surface area contributed by atoms with Crippen LogP contribution in [0, 0.1) is 0 Å². The van der Waals surface area contributed by atoms with Crippen LogP contribution in [0.3, 0.4) is 0 Å². The van der Waals surface area contributed by atoms with Crippen molar-refractivity contribution in [3.63, 3.8) is 0 Å². The van der Waals surface area contributed by atoms with Crippen molar-refractivity contribution in [1.82, 2.24) is 20.1 Å². The number of rotatable bonds is 9. The fourth-order valence-corrected chi connectivity index (χ4v) is 2.55. The fourth-order valence-electron chi connectivity index (χ4n) is 2.55. The standard InChI is InChI=1S/C15H28N6O/c1-3-6-21(7-4-2)14-13-17-19-15(18-14)16-5-8-20-9-11-22-12-10-20/h13H,3-12H2,1-2H3,(H,16,18,19). The van der Waals surface area contributed by atoms with Gasteiger partial charge in [0.05, 0.1) is 19.4 Å². The van der Waals surface area contributed by atoms with E-state index in [1.54, 1.807) is 6.20 Å². The predicted octanol–water partition coefficient (Wildman–Crippen LogP) is 1.24. The molecule has 0 aromatic carbocycles. The van der Waals surface area contributed by atoms with Crippen LogP contribution in [-0.2, 0) is 4.74 Å². The molecule has 0 radical (unpaired) electrons. The molecule has 7 heteroatoms. The van der Waals surface area contributed by atoms with Gasteiger partial charge in [0.15, 0.2) is 5.82 Å². The highest BCUT2D eigenvalue weighted by Gasteiger charge is 2.11. The molecule has 0 aliphatic carbocycles. The first-order valence-corrected chi connectivity index (χ1v) is 8.32. The Labute approximate surface area is 133 Å². The lowest BCUT2D eigenvalue weighted by Crippen LogP contribution is -2.39. The minimum absolute atomic E-state index is 0.614. The first-order chi connectivity index (χ1) is 10.8. The summed E-state index contributed by atoms with van der Waals surface area (Å²) in [6, 6.07) is 0. The molecule has 0 spiro atoms. The first-order valence-electron chi connectivity index (χ1n) is 8.32. The van der Waals surface area contributed by atoms with Crippen LogP contribution >= 0.6 is 0 Å². The summed E-state index contributed by atoms with van der Waals surface area (Å²) in [5, 5.41) is 11.4.